The van der Waals surface area contributed by atoms with E-state index in [4.69, 9.17) is 16.3 Å². The number of rotatable bonds is 5. The monoisotopic (exact) mass is 329 g/mol. The summed E-state index contributed by atoms with van der Waals surface area (Å²) in [4.78, 5) is 19.7. The number of amides is 1. The third kappa shape index (κ3) is 3.52. The minimum absolute atomic E-state index is 0.0126. The Morgan fingerprint density at radius 1 is 1.30 bits per heavy atom. The van der Waals surface area contributed by atoms with Gasteiger partial charge >= 0.3 is 0 Å². The van der Waals surface area contributed by atoms with Gasteiger partial charge in [-0.1, -0.05) is 23.7 Å². The van der Waals surface area contributed by atoms with Crippen molar-refractivity contribution in [3.05, 3.63) is 47.5 Å². The molecule has 0 unspecified atom stereocenters. The Morgan fingerprint density at radius 2 is 2.13 bits per heavy atom. The lowest BCUT2D eigenvalue weighted by molar-refractivity contribution is -0.120. The summed E-state index contributed by atoms with van der Waals surface area (Å²) >= 11 is 6.11. The van der Waals surface area contributed by atoms with Gasteiger partial charge in [-0.15, -0.1) is 0 Å². The Bertz CT molecular complexity index is 812. The molecule has 5 nitrogen and oxygen atoms in total. The number of carbonyl (C=O) groups excluding carboxylic acids is 1. The van der Waals surface area contributed by atoms with Crippen LogP contribution in [0.2, 0.25) is 5.02 Å². The van der Waals surface area contributed by atoms with Crippen LogP contribution >= 0.6 is 11.6 Å². The van der Waals surface area contributed by atoms with E-state index in [9.17, 15) is 4.79 Å². The number of fused-ring (bicyclic) bond motifs is 1. The number of nitrogens with one attached hydrogen (secondary N) is 2. The van der Waals surface area contributed by atoms with Crippen molar-refractivity contribution in [3.8, 4) is 11.4 Å². The number of para-hydroxylation sites is 2. The molecule has 0 atom stereocenters. The number of halogens is 1. The molecular formula is C17H16ClN3O2. The fraction of sp³-hybridized carbons (Fsp3) is 0.176. The first kappa shape index (κ1) is 15.5. The van der Waals surface area contributed by atoms with E-state index in [1.807, 2.05) is 31.2 Å². The van der Waals surface area contributed by atoms with Crippen LogP contribution in [-0.4, -0.2) is 29.1 Å². The highest BCUT2D eigenvalue weighted by Crippen LogP contribution is 2.30. The van der Waals surface area contributed by atoms with Gasteiger partial charge in [-0.05, 0) is 37.3 Å². The number of aromatic nitrogens is 2. The minimum Gasteiger partial charge on any atom is -0.372 e. The number of imidazole rings is 1. The number of hydrogen-bond donors (Lipinski definition) is 2. The van der Waals surface area contributed by atoms with Gasteiger partial charge in [0.25, 0.3) is 0 Å². The molecule has 6 heteroatoms. The first-order chi connectivity index (χ1) is 11.2. The number of nitrogens with zero attached hydrogens (tertiary/aromatic N) is 1. The molecule has 0 aliphatic heterocycles. The van der Waals surface area contributed by atoms with Crippen molar-refractivity contribution < 1.29 is 9.53 Å². The molecule has 0 saturated carbocycles. The van der Waals surface area contributed by atoms with Crippen molar-refractivity contribution >= 4 is 34.2 Å². The molecule has 2 aromatic carbocycles. The van der Waals surface area contributed by atoms with Crippen molar-refractivity contribution in [2.24, 2.45) is 0 Å². The van der Waals surface area contributed by atoms with Crippen LogP contribution in [0.25, 0.3) is 22.4 Å². The highest BCUT2D eigenvalue weighted by Gasteiger charge is 2.13. The minimum atomic E-state index is -0.216. The zero-order valence-corrected chi connectivity index (χ0v) is 13.4. The molecule has 23 heavy (non-hydrogen) atoms. The summed E-state index contributed by atoms with van der Waals surface area (Å²) in [5, 5.41) is 3.41. The lowest BCUT2D eigenvalue weighted by atomic mass is 10.1. The predicted octanol–water partition coefficient (Wildman–Crippen LogP) is 3.86. The zero-order valence-electron chi connectivity index (χ0n) is 12.6. The topological polar surface area (TPSA) is 67.0 Å². The number of hydrogen-bond acceptors (Lipinski definition) is 3. The maximum absolute atomic E-state index is 11.9. The van der Waals surface area contributed by atoms with E-state index in [2.05, 4.69) is 15.3 Å². The number of benzene rings is 2. The number of ether oxygens (including phenoxy) is 1. The van der Waals surface area contributed by atoms with Gasteiger partial charge in [0.2, 0.25) is 5.91 Å². The van der Waals surface area contributed by atoms with Crippen LogP contribution in [-0.2, 0) is 9.53 Å². The molecule has 0 saturated heterocycles. The second-order valence-electron chi connectivity index (χ2n) is 4.98. The average molecular weight is 330 g/mol. The summed E-state index contributed by atoms with van der Waals surface area (Å²) in [5.74, 6) is 0.437. The van der Waals surface area contributed by atoms with Gasteiger partial charge in [0, 0.05) is 17.2 Å². The first-order valence-electron chi connectivity index (χ1n) is 7.29. The molecule has 3 rings (SSSR count). The third-order valence-electron chi connectivity index (χ3n) is 3.34. The van der Waals surface area contributed by atoms with E-state index in [0.29, 0.717) is 23.1 Å². The Morgan fingerprint density at radius 3 is 2.91 bits per heavy atom. The molecule has 0 bridgehead atoms. The molecule has 0 aliphatic carbocycles. The van der Waals surface area contributed by atoms with Crippen molar-refractivity contribution in [3.63, 3.8) is 0 Å². The lowest BCUT2D eigenvalue weighted by Crippen LogP contribution is -2.18. The number of H-pyrrole nitrogens is 1. The fourth-order valence-electron chi connectivity index (χ4n) is 2.28. The smallest absolute Gasteiger partial charge is 0.250 e. The summed E-state index contributed by atoms with van der Waals surface area (Å²) in [5.41, 5.74) is 3.15. The van der Waals surface area contributed by atoms with Crippen LogP contribution in [0.5, 0.6) is 0 Å². The SMILES string of the molecule is CCOCC(=O)Nc1ccc(Cl)cc1-c1nc2ccccc2[nH]1. The van der Waals surface area contributed by atoms with Gasteiger partial charge in [0.1, 0.15) is 12.4 Å². The van der Waals surface area contributed by atoms with Crippen molar-refractivity contribution in [2.45, 2.75) is 6.92 Å². The van der Waals surface area contributed by atoms with E-state index >= 15 is 0 Å². The van der Waals surface area contributed by atoms with E-state index in [0.717, 1.165) is 16.6 Å². The summed E-state index contributed by atoms with van der Waals surface area (Å²) in [6, 6.07) is 13.0. The number of aromatic amines is 1. The van der Waals surface area contributed by atoms with E-state index in [-0.39, 0.29) is 12.5 Å². The molecule has 2 N–H and O–H groups in total. The van der Waals surface area contributed by atoms with Gasteiger partial charge < -0.3 is 15.0 Å². The molecule has 3 aromatic rings. The van der Waals surface area contributed by atoms with Crippen molar-refractivity contribution in [1.29, 1.82) is 0 Å². The van der Waals surface area contributed by atoms with Crippen LogP contribution in [0.15, 0.2) is 42.5 Å². The third-order valence-corrected chi connectivity index (χ3v) is 3.57. The van der Waals surface area contributed by atoms with Crippen LogP contribution in [0.4, 0.5) is 5.69 Å². The quantitative estimate of drug-likeness (QED) is 0.747. The molecule has 0 aliphatic rings. The molecule has 1 aromatic heterocycles. The number of anilines is 1. The van der Waals surface area contributed by atoms with E-state index in [1.165, 1.54) is 0 Å². The van der Waals surface area contributed by atoms with Crippen LogP contribution < -0.4 is 5.32 Å². The largest absolute Gasteiger partial charge is 0.372 e. The van der Waals surface area contributed by atoms with Crippen LogP contribution in [0, 0.1) is 0 Å². The first-order valence-corrected chi connectivity index (χ1v) is 7.67. The van der Waals surface area contributed by atoms with Gasteiger partial charge in [0.15, 0.2) is 0 Å². The lowest BCUT2D eigenvalue weighted by Gasteiger charge is -2.10. The van der Waals surface area contributed by atoms with E-state index < -0.39 is 0 Å². The molecule has 0 fully saturated rings. The van der Waals surface area contributed by atoms with E-state index in [1.54, 1.807) is 18.2 Å². The second-order valence-corrected chi connectivity index (χ2v) is 5.41. The Kier molecular flexibility index (Phi) is 4.60. The molecule has 1 amide bonds. The van der Waals surface area contributed by atoms with Gasteiger partial charge in [0.05, 0.1) is 16.7 Å². The maximum atomic E-state index is 11.9. The fourth-order valence-corrected chi connectivity index (χ4v) is 2.45. The summed E-state index contributed by atoms with van der Waals surface area (Å²) in [6.07, 6.45) is 0. The highest BCUT2D eigenvalue weighted by molar-refractivity contribution is 6.31. The summed E-state index contributed by atoms with van der Waals surface area (Å²) in [6.45, 7) is 2.35. The molecule has 1 heterocycles. The predicted molar refractivity (Wildman–Crippen MR) is 91.7 cm³/mol. The highest BCUT2D eigenvalue weighted by atomic mass is 35.5. The maximum Gasteiger partial charge on any atom is 0.250 e. The molecule has 0 radical (unpaired) electrons. The Balaban J connectivity index is 1.97. The number of carbonyl (C=O) groups is 1. The van der Waals surface area contributed by atoms with Crippen molar-refractivity contribution in [1.82, 2.24) is 9.97 Å². The zero-order chi connectivity index (χ0) is 16.2. The molecule has 0 spiro atoms. The Labute approximate surface area is 138 Å². The van der Waals surface area contributed by atoms with Crippen LogP contribution in [0.3, 0.4) is 0 Å². The average Bonchev–Trinajstić information content (AvgIpc) is 2.98. The normalized spacial score (nSPS) is 10.9. The Hall–Kier alpha value is -2.37. The van der Waals surface area contributed by atoms with Crippen LogP contribution in [0.1, 0.15) is 6.92 Å². The van der Waals surface area contributed by atoms with Gasteiger partial charge in [-0.3, -0.25) is 4.79 Å². The van der Waals surface area contributed by atoms with Gasteiger partial charge in [-0.25, -0.2) is 4.98 Å². The molecule has 118 valence electrons. The molecular weight excluding hydrogens is 314 g/mol. The van der Waals surface area contributed by atoms with Gasteiger partial charge in [-0.2, -0.15) is 0 Å². The standard InChI is InChI=1S/C17H16ClN3O2/c1-2-23-10-16(22)19-13-8-7-11(18)9-12(13)17-20-14-5-3-4-6-15(14)21-17/h3-9H,2,10H2,1H3,(H,19,22)(H,20,21). The summed E-state index contributed by atoms with van der Waals surface area (Å²) in [7, 11) is 0. The second kappa shape index (κ2) is 6.81. The van der Waals surface area contributed by atoms with Crippen molar-refractivity contribution in [2.75, 3.05) is 18.5 Å². The summed E-state index contributed by atoms with van der Waals surface area (Å²) < 4.78 is 5.12.